The van der Waals surface area contributed by atoms with E-state index in [1.54, 1.807) is 0 Å². The lowest BCUT2D eigenvalue weighted by Gasteiger charge is -2.12. The minimum absolute atomic E-state index is 0.241. The van der Waals surface area contributed by atoms with E-state index in [0.29, 0.717) is 6.61 Å². The largest absolute Gasteiger partial charge is 0.434 e. The Kier molecular flexibility index (Phi) is 2.21. The minimum Gasteiger partial charge on any atom is -0.434 e. The number of esters is 1. The average molecular weight is 194 g/mol. The van der Waals surface area contributed by atoms with Crippen LogP contribution in [0.5, 0.6) is 0 Å². The van der Waals surface area contributed by atoms with Crippen molar-refractivity contribution in [3.63, 3.8) is 0 Å². The third-order valence-corrected chi connectivity index (χ3v) is 2.36. The van der Waals surface area contributed by atoms with Gasteiger partial charge in [-0.1, -0.05) is 6.08 Å². The summed E-state index contributed by atoms with van der Waals surface area (Å²) in [6.45, 7) is 2.26. The summed E-state index contributed by atoms with van der Waals surface area (Å²) in [6, 6.07) is 0. The van der Waals surface area contributed by atoms with Crippen LogP contribution >= 0.6 is 0 Å². The van der Waals surface area contributed by atoms with Gasteiger partial charge in [0, 0.05) is 0 Å². The van der Waals surface area contributed by atoms with E-state index in [1.807, 2.05) is 13.0 Å². The number of carbonyl (C=O) groups is 2. The highest BCUT2D eigenvalue weighted by atomic mass is 16.5. The van der Waals surface area contributed by atoms with E-state index in [9.17, 15) is 9.59 Å². The Bertz CT molecular complexity index is 340. The first-order valence-corrected chi connectivity index (χ1v) is 4.39. The molecule has 74 valence electrons. The predicted octanol–water partition coefficient (Wildman–Crippen LogP) is 0.587. The average Bonchev–Trinajstić information content (AvgIpc) is 2.73. The van der Waals surface area contributed by atoms with Crippen molar-refractivity contribution in [3.8, 4) is 0 Å². The smallest absolute Gasteiger partial charge is 0.325 e. The molecule has 0 amide bonds. The molecule has 2 atom stereocenters. The van der Waals surface area contributed by atoms with Gasteiger partial charge in [-0.25, -0.2) is 0 Å². The van der Waals surface area contributed by atoms with Crippen molar-refractivity contribution in [3.05, 3.63) is 24.0 Å². The van der Waals surface area contributed by atoms with E-state index in [1.165, 1.54) is 12.3 Å². The number of ketones is 1. The molecule has 0 radical (unpaired) electrons. The number of carbonyl (C=O) groups excluding carboxylic acids is 2. The molecule has 2 unspecified atom stereocenters. The van der Waals surface area contributed by atoms with Crippen LogP contribution in [0.2, 0.25) is 0 Å². The summed E-state index contributed by atoms with van der Waals surface area (Å²) in [5.41, 5.74) is 0.864. The first kappa shape index (κ1) is 9.15. The number of ether oxygens (including phenoxy) is 2. The van der Waals surface area contributed by atoms with Gasteiger partial charge < -0.3 is 9.47 Å². The van der Waals surface area contributed by atoms with Crippen LogP contribution in [0.1, 0.15) is 6.92 Å². The molecule has 0 aromatic carbocycles. The van der Waals surface area contributed by atoms with Crippen molar-refractivity contribution in [2.75, 3.05) is 6.61 Å². The zero-order chi connectivity index (χ0) is 10.1. The summed E-state index contributed by atoms with van der Waals surface area (Å²) in [4.78, 5) is 22.8. The first-order chi connectivity index (χ1) is 6.70. The van der Waals surface area contributed by atoms with Crippen LogP contribution < -0.4 is 0 Å². The zero-order valence-corrected chi connectivity index (χ0v) is 7.73. The maximum Gasteiger partial charge on any atom is 0.325 e. The Balaban J connectivity index is 2.12. The molecule has 0 N–H and O–H groups in total. The standard InChI is InChI=1S/C10H10O4/c1-6-2-4-13-9(6)8(11)7-3-5-14-10(7)12/h2-3,5,7,9H,4H2,1H3. The Morgan fingerprint density at radius 1 is 1.57 bits per heavy atom. The molecule has 4 heteroatoms. The summed E-state index contributed by atoms with van der Waals surface area (Å²) in [7, 11) is 0. The second-order valence-corrected chi connectivity index (χ2v) is 3.31. The van der Waals surface area contributed by atoms with Crippen LogP contribution in [0.4, 0.5) is 0 Å². The molecule has 4 nitrogen and oxygen atoms in total. The molecule has 2 heterocycles. The molecule has 0 aromatic rings. The summed E-state index contributed by atoms with van der Waals surface area (Å²) < 4.78 is 9.77. The van der Waals surface area contributed by atoms with Crippen LogP contribution in [0.15, 0.2) is 24.0 Å². The zero-order valence-electron chi connectivity index (χ0n) is 7.73. The molecular formula is C10H10O4. The van der Waals surface area contributed by atoms with Crippen molar-refractivity contribution in [2.45, 2.75) is 13.0 Å². The van der Waals surface area contributed by atoms with Crippen LogP contribution in [0, 0.1) is 5.92 Å². The molecule has 0 saturated heterocycles. The summed E-state index contributed by atoms with van der Waals surface area (Å²) in [5, 5.41) is 0. The first-order valence-electron chi connectivity index (χ1n) is 4.39. The quantitative estimate of drug-likeness (QED) is 0.366. The molecule has 2 rings (SSSR count). The van der Waals surface area contributed by atoms with E-state index in [2.05, 4.69) is 4.74 Å². The molecule has 0 aliphatic carbocycles. The normalized spacial score (nSPS) is 30.4. The number of hydrogen-bond acceptors (Lipinski definition) is 4. The summed E-state index contributed by atoms with van der Waals surface area (Å²) in [6.07, 6.45) is 3.97. The Labute approximate surface area is 81.2 Å². The van der Waals surface area contributed by atoms with Crippen molar-refractivity contribution in [2.24, 2.45) is 5.92 Å². The van der Waals surface area contributed by atoms with Gasteiger partial charge in [0.25, 0.3) is 0 Å². The van der Waals surface area contributed by atoms with Crippen molar-refractivity contribution < 1.29 is 19.1 Å². The van der Waals surface area contributed by atoms with Gasteiger partial charge in [-0.15, -0.1) is 0 Å². The predicted molar refractivity (Wildman–Crippen MR) is 47.2 cm³/mol. The Morgan fingerprint density at radius 2 is 2.36 bits per heavy atom. The van der Waals surface area contributed by atoms with Crippen LogP contribution in [0.25, 0.3) is 0 Å². The van der Waals surface area contributed by atoms with Gasteiger partial charge in [-0.2, -0.15) is 0 Å². The van der Waals surface area contributed by atoms with Crippen LogP contribution in [-0.4, -0.2) is 24.5 Å². The van der Waals surface area contributed by atoms with E-state index < -0.39 is 18.0 Å². The molecular weight excluding hydrogens is 184 g/mol. The summed E-state index contributed by atoms with van der Waals surface area (Å²) >= 11 is 0. The van der Waals surface area contributed by atoms with Gasteiger partial charge in [0.1, 0.15) is 12.0 Å². The highest BCUT2D eigenvalue weighted by Gasteiger charge is 2.36. The van der Waals surface area contributed by atoms with E-state index in [0.717, 1.165) is 5.57 Å². The molecule has 0 saturated carbocycles. The van der Waals surface area contributed by atoms with Crippen molar-refractivity contribution in [1.29, 1.82) is 0 Å². The van der Waals surface area contributed by atoms with Crippen LogP contribution in [0.3, 0.4) is 0 Å². The fourth-order valence-electron chi connectivity index (χ4n) is 1.53. The highest BCUT2D eigenvalue weighted by molar-refractivity contribution is 6.05. The van der Waals surface area contributed by atoms with Gasteiger partial charge in [-0.05, 0) is 18.6 Å². The molecule has 2 aliphatic rings. The SMILES string of the molecule is CC1=CCOC1C(=O)C1C=COC1=O. The fourth-order valence-corrected chi connectivity index (χ4v) is 1.53. The third kappa shape index (κ3) is 1.37. The van der Waals surface area contributed by atoms with E-state index in [-0.39, 0.29) is 5.78 Å². The van der Waals surface area contributed by atoms with Gasteiger partial charge in [0.15, 0.2) is 5.78 Å². The lowest BCUT2D eigenvalue weighted by molar-refractivity contribution is -0.145. The van der Waals surface area contributed by atoms with Gasteiger partial charge >= 0.3 is 5.97 Å². The Morgan fingerprint density at radius 3 is 2.86 bits per heavy atom. The number of cyclic esters (lactones) is 1. The second kappa shape index (κ2) is 3.38. The maximum absolute atomic E-state index is 11.8. The van der Waals surface area contributed by atoms with Gasteiger partial charge in [0.2, 0.25) is 0 Å². The van der Waals surface area contributed by atoms with Crippen molar-refractivity contribution in [1.82, 2.24) is 0 Å². The topological polar surface area (TPSA) is 52.6 Å². The lowest BCUT2D eigenvalue weighted by atomic mass is 9.97. The van der Waals surface area contributed by atoms with E-state index in [4.69, 9.17) is 4.74 Å². The lowest BCUT2D eigenvalue weighted by Crippen LogP contribution is -2.31. The van der Waals surface area contributed by atoms with Gasteiger partial charge in [0.05, 0.1) is 12.9 Å². The third-order valence-electron chi connectivity index (χ3n) is 2.36. The Hall–Kier alpha value is -1.42. The second-order valence-electron chi connectivity index (χ2n) is 3.31. The monoisotopic (exact) mass is 194 g/mol. The van der Waals surface area contributed by atoms with Crippen LogP contribution in [-0.2, 0) is 19.1 Å². The molecule has 2 aliphatic heterocycles. The molecule has 0 aromatic heterocycles. The molecule has 0 bridgehead atoms. The maximum atomic E-state index is 11.8. The van der Waals surface area contributed by atoms with Gasteiger partial charge in [-0.3, -0.25) is 9.59 Å². The number of rotatable bonds is 2. The highest BCUT2D eigenvalue weighted by Crippen LogP contribution is 2.21. The number of hydrogen-bond donors (Lipinski definition) is 0. The summed E-state index contributed by atoms with van der Waals surface area (Å²) in [5.74, 6) is -1.55. The van der Waals surface area contributed by atoms with E-state index >= 15 is 0 Å². The minimum atomic E-state index is -0.790. The molecule has 0 fully saturated rings. The number of Topliss-reactive ketones (excluding diaryl/α,β-unsaturated/α-hetero) is 1. The molecule has 0 spiro atoms. The fraction of sp³-hybridized carbons (Fsp3) is 0.400. The molecule has 14 heavy (non-hydrogen) atoms. The van der Waals surface area contributed by atoms with Crippen molar-refractivity contribution >= 4 is 11.8 Å².